The van der Waals surface area contributed by atoms with Crippen molar-refractivity contribution in [2.24, 2.45) is 0 Å². The number of hydrogen-bond donors (Lipinski definition) is 1. The van der Waals surface area contributed by atoms with E-state index >= 15 is 0 Å². The summed E-state index contributed by atoms with van der Waals surface area (Å²) in [4.78, 5) is 29.5. The van der Waals surface area contributed by atoms with Crippen molar-refractivity contribution in [3.8, 4) is 0 Å². The maximum Gasteiger partial charge on any atom is 0.433 e. The first-order valence-electron chi connectivity index (χ1n) is 8.26. The molecule has 1 aliphatic heterocycles. The largest absolute Gasteiger partial charge is 0.433 e. The second-order valence-corrected chi connectivity index (χ2v) is 6.20. The minimum atomic E-state index is -4.53. The second-order valence-electron chi connectivity index (χ2n) is 6.20. The Kier molecular flexibility index (Phi) is 5.10. The van der Waals surface area contributed by atoms with Gasteiger partial charge in [-0.3, -0.25) is 14.6 Å². The lowest BCUT2D eigenvalue weighted by Crippen LogP contribution is -2.43. The highest BCUT2D eigenvalue weighted by Gasteiger charge is 2.32. The molecule has 0 radical (unpaired) electrons. The van der Waals surface area contributed by atoms with Crippen LogP contribution in [-0.2, 0) is 28.9 Å². The molecular formula is C16H17F3N6O2. The van der Waals surface area contributed by atoms with E-state index in [9.17, 15) is 22.8 Å². The fourth-order valence-corrected chi connectivity index (χ4v) is 2.76. The van der Waals surface area contributed by atoms with Crippen molar-refractivity contribution in [1.29, 1.82) is 0 Å². The van der Waals surface area contributed by atoms with Gasteiger partial charge >= 0.3 is 18.0 Å². The number of aryl methyl sites for hydroxylation is 1. The third-order valence-electron chi connectivity index (χ3n) is 4.25. The number of hydrogen-bond acceptors (Lipinski definition) is 5. The highest BCUT2D eigenvalue weighted by molar-refractivity contribution is 6.35. The molecule has 2 aromatic rings. The lowest BCUT2D eigenvalue weighted by Gasteiger charge is -2.21. The molecule has 0 saturated heterocycles. The molecule has 0 aliphatic carbocycles. The van der Waals surface area contributed by atoms with Gasteiger partial charge in [0.2, 0.25) is 0 Å². The molecule has 1 N–H and O–H groups in total. The minimum Gasteiger partial charge on any atom is -0.341 e. The van der Waals surface area contributed by atoms with Gasteiger partial charge in [-0.25, -0.2) is 4.68 Å². The quantitative estimate of drug-likeness (QED) is 0.791. The number of aromatic nitrogens is 4. The van der Waals surface area contributed by atoms with Gasteiger partial charge in [-0.1, -0.05) is 11.3 Å². The van der Waals surface area contributed by atoms with E-state index in [1.54, 1.807) is 17.8 Å². The zero-order chi connectivity index (χ0) is 19.6. The number of halogens is 3. The molecule has 2 amide bonds. The van der Waals surface area contributed by atoms with Gasteiger partial charge in [0, 0.05) is 19.3 Å². The maximum atomic E-state index is 12.6. The van der Waals surface area contributed by atoms with E-state index in [1.807, 2.05) is 0 Å². The number of nitrogens with one attached hydrogen (secondary N) is 1. The smallest absolute Gasteiger partial charge is 0.341 e. The summed E-state index contributed by atoms with van der Waals surface area (Å²) in [7, 11) is 0. The Bertz CT molecular complexity index is 833. The number of carbonyl (C=O) groups is 2. The molecule has 1 aliphatic rings. The van der Waals surface area contributed by atoms with Crippen molar-refractivity contribution in [1.82, 2.24) is 30.2 Å². The van der Waals surface area contributed by atoms with Crippen LogP contribution in [0.15, 0.2) is 24.5 Å². The molecule has 2 aromatic heterocycles. The van der Waals surface area contributed by atoms with Crippen molar-refractivity contribution in [3.63, 3.8) is 0 Å². The van der Waals surface area contributed by atoms with Crippen molar-refractivity contribution in [2.45, 2.75) is 38.7 Å². The van der Waals surface area contributed by atoms with E-state index < -0.39 is 29.7 Å². The van der Waals surface area contributed by atoms with Gasteiger partial charge in [0.15, 0.2) is 0 Å². The number of fused-ring (bicyclic) bond motifs is 1. The van der Waals surface area contributed by atoms with Crippen LogP contribution in [0.1, 0.15) is 36.3 Å². The molecule has 8 nitrogen and oxygen atoms in total. The minimum absolute atomic E-state index is 0.218. The third kappa shape index (κ3) is 4.23. The Morgan fingerprint density at radius 1 is 1.22 bits per heavy atom. The first-order valence-corrected chi connectivity index (χ1v) is 8.26. The van der Waals surface area contributed by atoms with Gasteiger partial charge in [0.05, 0.1) is 24.5 Å². The van der Waals surface area contributed by atoms with Crippen LogP contribution in [0.2, 0.25) is 0 Å². The summed E-state index contributed by atoms with van der Waals surface area (Å²) in [6.07, 6.45) is -1.32. The third-order valence-corrected chi connectivity index (χ3v) is 4.25. The molecule has 11 heteroatoms. The van der Waals surface area contributed by atoms with Gasteiger partial charge in [-0.05, 0) is 25.0 Å². The average molecular weight is 382 g/mol. The Morgan fingerprint density at radius 2 is 2.00 bits per heavy atom. The molecule has 1 atom stereocenters. The fraction of sp³-hybridized carbons (Fsp3) is 0.438. The van der Waals surface area contributed by atoms with Crippen LogP contribution in [0.5, 0.6) is 0 Å². The number of carbonyl (C=O) groups excluding carboxylic acids is 2. The zero-order valence-corrected chi connectivity index (χ0v) is 14.4. The lowest BCUT2D eigenvalue weighted by molar-refractivity contribution is -0.146. The van der Waals surface area contributed by atoms with E-state index in [1.165, 1.54) is 11.0 Å². The average Bonchev–Trinajstić information content (AvgIpc) is 2.97. The normalized spacial score (nSPS) is 15.6. The van der Waals surface area contributed by atoms with Gasteiger partial charge in [-0.15, -0.1) is 5.10 Å². The van der Waals surface area contributed by atoms with Crippen molar-refractivity contribution in [3.05, 3.63) is 41.5 Å². The fourth-order valence-electron chi connectivity index (χ4n) is 2.76. The molecule has 0 spiro atoms. The number of pyridine rings is 1. The van der Waals surface area contributed by atoms with E-state index in [0.717, 1.165) is 18.0 Å². The van der Waals surface area contributed by atoms with Crippen LogP contribution >= 0.6 is 0 Å². The Labute approximate surface area is 152 Å². The van der Waals surface area contributed by atoms with Gasteiger partial charge in [0.25, 0.3) is 0 Å². The molecule has 3 rings (SSSR count). The molecule has 0 saturated carbocycles. The summed E-state index contributed by atoms with van der Waals surface area (Å²) in [5.74, 6) is -1.54. The van der Waals surface area contributed by atoms with Gasteiger partial charge in [-0.2, -0.15) is 13.2 Å². The molecule has 0 bridgehead atoms. The molecule has 0 aromatic carbocycles. The molecule has 27 heavy (non-hydrogen) atoms. The second kappa shape index (κ2) is 7.33. The van der Waals surface area contributed by atoms with E-state index in [-0.39, 0.29) is 6.54 Å². The predicted molar refractivity (Wildman–Crippen MR) is 85.9 cm³/mol. The first-order chi connectivity index (χ1) is 12.8. The monoisotopic (exact) mass is 382 g/mol. The highest BCUT2D eigenvalue weighted by atomic mass is 19.4. The Hall–Kier alpha value is -2.98. The molecule has 0 unspecified atom stereocenters. The summed E-state index contributed by atoms with van der Waals surface area (Å²) in [5, 5.41) is 10.2. The van der Waals surface area contributed by atoms with Crippen LogP contribution in [0.3, 0.4) is 0 Å². The van der Waals surface area contributed by atoms with Crippen molar-refractivity contribution in [2.75, 3.05) is 6.54 Å². The lowest BCUT2D eigenvalue weighted by atomic mass is 10.1. The Balaban J connectivity index is 1.63. The van der Waals surface area contributed by atoms with E-state index in [0.29, 0.717) is 25.1 Å². The maximum absolute atomic E-state index is 12.6. The van der Waals surface area contributed by atoms with Crippen LogP contribution < -0.4 is 5.32 Å². The number of amides is 2. The predicted octanol–water partition coefficient (Wildman–Crippen LogP) is 1.30. The van der Waals surface area contributed by atoms with Gasteiger partial charge in [0.1, 0.15) is 5.69 Å². The first kappa shape index (κ1) is 18.8. The van der Waals surface area contributed by atoms with E-state index in [2.05, 4.69) is 20.6 Å². The van der Waals surface area contributed by atoms with Gasteiger partial charge < -0.3 is 10.2 Å². The summed E-state index contributed by atoms with van der Waals surface area (Å²) < 4.78 is 39.4. The number of nitrogens with zero attached hydrogens (tertiary/aromatic N) is 5. The summed E-state index contributed by atoms with van der Waals surface area (Å²) in [5.41, 5.74) is 0.0755. The molecule has 0 fully saturated rings. The van der Waals surface area contributed by atoms with Crippen molar-refractivity contribution >= 4 is 11.8 Å². The summed E-state index contributed by atoms with van der Waals surface area (Å²) >= 11 is 0. The van der Waals surface area contributed by atoms with Crippen LogP contribution in [-0.4, -0.2) is 43.2 Å². The summed E-state index contributed by atoms with van der Waals surface area (Å²) in [6, 6.07) is 1.39. The molecule has 144 valence electrons. The molecule has 3 heterocycles. The Morgan fingerprint density at radius 3 is 2.67 bits per heavy atom. The standard InChI is InChI=1S/C16H17F3N6O2/c1-10(11-3-4-13(20-7-11)16(17,18)19)22-14(26)15(27)24-5-2-6-25-12(9-24)8-21-23-25/h3-4,7-8,10H,2,5-6,9H2,1H3,(H,22,26)/t10-/m1/s1. The SMILES string of the molecule is C[C@@H](NC(=O)C(=O)N1CCCn2nncc2C1)c1ccc(C(F)(F)F)nc1. The number of alkyl halides is 3. The topological polar surface area (TPSA) is 93.0 Å². The molecular weight excluding hydrogens is 365 g/mol. The van der Waals surface area contributed by atoms with Crippen molar-refractivity contribution < 1.29 is 22.8 Å². The highest BCUT2D eigenvalue weighted by Crippen LogP contribution is 2.27. The van der Waals surface area contributed by atoms with Crippen LogP contribution in [0.4, 0.5) is 13.2 Å². The zero-order valence-electron chi connectivity index (χ0n) is 14.4. The van der Waals surface area contributed by atoms with E-state index in [4.69, 9.17) is 0 Å². The summed E-state index contributed by atoms with van der Waals surface area (Å²) in [6.45, 7) is 2.78. The number of rotatable bonds is 2. The van der Waals surface area contributed by atoms with Crippen LogP contribution in [0.25, 0.3) is 0 Å². The van der Waals surface area contributed by atoms with Crippen LogP contribution in [0, 0.1) is 0 Å².